The van der Waals surface area contributed by atoms with Crippen molar-refractivity contribution in [2.45, 2.75) is 33.2 Å². The van der Waals surface area contributed by atoms with Gasteiger partial charge in [0.1, 0.15) is 0 Å². The van der Waals surface area contributed by atoms with Gasteiger partial charge in [0, 0.05) is 12.7 Å². The molecule has 0 aliphatic carbocycles. The van der Waals surface area contributed by atoms with Gasteiger partial charge >= 0.3 is 0 Å². The summed E-state index contributed by atoms with van der Waals surface area (Å²) in [5, 5.41) is 4.25. The molecule has 0 saturated carbocycles. The molecule has 3 heteroatoms. The van der Waals surface area contributed by atoms with Crippen molar-refractivity contribution in [3.8, 4) is 0 Å². The second kappa shape index (κ2) is 5.32. The minimum atomic E-state index is 0.752. The first-order valence-electron chi connectivity index (χ1n) is 4.82. The van der Waals surface area contributed by atoms with E-state index in [0.717, 1.165) is 18.2 Å². The number of hydrogen-bond donors (Lipinski definition) is 1. The Labute approximate surface area is 85.7 Å². The highest BCUT2D eigenvalue weighted by Gasteiger charge is 2.01. The van der Waals surface area contributed by atoms with Crippen molar-refractivity contribution in [1.82, 2.24) is 9.78 Å². The molecule has 0 aliphatic rings. The molecule has 2 nitrogen and oxygen atoms in total. The van der Waals surface area contributed by atoms with Crippen molar-refractivity contribution in [1.29, 1.82) is 0 Å². The number of rotatable bonds is 5. The maximum absolute atomic E-state index is 4.25. The highest BCUT2D eigenvalue weighted by atomic mass is 32.1. The second-order valence-electron chi connectivity index (χ2n) is 3.69. The molecule has 0 radical (unpaired) electrons. The van der Waals surface area contributed by atoms with Gasteiger partial charge in [-0.1, -0.05) is 6.92 Å². The number of aryl methyl sites for hydroxylation is 2. The molecule has 1 unspecified atom stereocenters. The summed E-state index contributed by atoms with van der Waals surface area (Å²) in [5.74, 6) is 1.74. The van der Waals surface area contributed by atoms with Crippen molar-refractivity contribution in [3.63, 3.8) is 0 Å². The Morgan fingerprint density at radius 1 is 1.54 bits per heavy atom. The van der Waals surface area contributed by atoms with Crippen molar-refractivity contribution in [2.24, 2.45) is 5.92 Å². The SMILES string of the molecule is Cc1cnn(CCC(C)CCS)c1. The van der Waals surface area contributed by atoms with Crippen LogP contribution in [0.1, 0.15) is 25.3 Å². The van der Waals surface area contributed by atoms with Crippen LogP contribution in [0.15, 0.2) is 12.4 Å². The van der Waals surface area contributed by atoms with E-state index in [9.17, 15) is 0 Å². The molecule has 74 valence electrons. The van der Waals surface area contributed by atoms with Crippen LogP contribution in [-0.4, -0.2) is 15.5 Å². The van der Waals surface area contributed by atoms with E-state index in [1.54, 1.807) is 0 Å². The molecule has 0 saturated heterocycles. The zero-order valence-corrected chi connectivity index (χ0v) is 9.30. The summed E-state index contributed by atoms with van der Waals surface area (Å²) < 4.78 is 2.02. The van der Waals surface area contributed by atoms with Crippen LogP contribution in [0.5, 0.6) is 0 Å². The molecule has 0 spiro atoms. The second-order valence-corrected chi connectivity index (χ2v) is 4.13. The first-order chi connectivity index (χ1) is 6.22. The van der Waals surface area contributed by atoms with Gasteiger partial charge in [-0.3, -0.25) is 4.68 Å². The quantitative estimate of drug-likeness (QED) is 0.720. The van der Waals surface area contributed by atoms with Gasteiger partial charge in [-0.15, -0.1) is 0 Å². The van der Waals surface area contributed by atoms with Crippen LogP contribution in [0.25, 0.3) is 0 Å². The molecule has 0 amide bonds. The van der Waals surface area contributed by atoms with E-state index in [-0.39, 0.29) is 0 Å². The lowest BCUT2D eigenvalue weighted by molar-refractivity contribution is 0.451. The molecule has 1 aromatic rings. The van der Waals surface area contributed by atoms with Gasteiger partial charge in [0.25, 0.3) is 0 Å². The van der Waals surface area contributed by atoms with E-state index in [1.807, 2.05) is 10.9 Å². The lowest BCUT2D eigenvalue weighted by Gasteiger charge is -2.08. The molecule has 0 bridgehead atoms. The minimum absolute atomic E-state index is 0.752. The fourth-order valence-electron chi connectivity index (χ4n) is 1.31. The number of aromatic nitrogens is 2. The van der Waals surface area contributed by atoms with Crippen LogP contribution in [0, 0.1) is 12.8 Å². The van der Waals surface area contributed by atoms with Crippen molar-refractivity contribution < 1.29 is 0 Å². The zero-order chi connectivity index (χ0) is 9.68. The molecule has 1 heterocycles. The van der Waals surface area contributed by atoms with Gasteiger partial charge in [-0.25, -0.2) is 0 Å². The van der Waals surface area contributed by atoms with E-state index in [1.165, 1.54) is 18.4 Å². The lowest BCUT2D eigenvalue weighted by atomic mass is 10.1. The predicted octanol–water partition coefficient (Wildman–Crippen LogP) is 2.54. The zero-order valence-electron chi connectivity index (χ0n) is 8.40. The molecular formula is C10H18N2S. The summed E-state index contributed by atoms with van der Waals surface area (Å²) in [6.45, 7) is 5.37. The summed E-state index contributed by atoms with van der Waals surface area (Å²) in [5.41, 5.74) is 1.24. The molecule has 13 heavy (non-hydrogen) atoms. The molecule has 1 rings (SSSR count). The normalized spacial score (nSPS) is 13.2. The van der Waals surface area contributed by atoms with Crippen molar-refractivity contribution in [3.05, 3.63) is 18.0 Å². The summed E-state index contributed by atoms with van der Waals surface area (Å²) in [4.78, 5) is 0. The molecule has 0 aliphatic heterocycles. The minimum Gasteiger partial charge on any atom is -0.272 e. The largest absolute Gasteiger partial charge is 0.272 e. The molecule has 1 atom stereocenters. The Balaban J connectivity index is 2.26. The van der Waals surface area contributed by atoms with Gasteiger partial charge in [0.15, 0.2) is 0 Å². The van der Waals surface area contributed by atoms with Crippen LogP contribution in [0.4, 0.5) is 0 Å². The maximum Gasteiger partial charge on any atom is 0.0518 e. The van der Waals surface area contributed by atoms with Crippen LogP contribution < -0.4 is 0 Å². The molecule has 0 aromatic carbocycles. The third-order valence-corrected chi connectivity index (χ3v) is 2.49. The fourth-order valence-corrected chi connectivity index (χ4v) is 1.75. The monoisotopic (exact) mass is 198 g/mol. The van der Waals surface area contributed by atoms with Crippen LogP contribution in [0.3, 0.4) is 0 Å². The highest BCUT2D eigenvalue weighted by Crippen LogP contribution is 2.09. The van der Waals surface area contributed by atoms with Crippen LogP contribution in [-0.2, 0) is 6.54 Å². The van der Waals surface area contributed by atoms with E-state index < -0.39 is 0 Å². The summed E-state index contributed by atoms with van der Waals surface area (Å²) in [6, 6.07) is 0. The van der Waals surface area contributed by atoms with E-state index >= 15 is 0 Å². The summed E-state index contributed by atoms with van der Waals surface area (Å²) in [6.07, 6.45) is 6.39. The third kappa shape index (κ3) is 3.85. The molecule has 1 aromatic heterocycles. The van der Waals surface area contributed by atoms with Crippen LogP contribution >= 0.6 is 12.6 Å². The van der Waals surface area contributed by atoms with Gasteiger partial charge < -0.3 is 0 Å². The Bertz CT molecular complexity index is 245. The molecular weight excluding hydrogens is 180 g/mol. The summed E-state index contributed by atoms with van der Waals surface area (Å²) in [7, 11) is 0. The number of nitrogens with zero attached hydrogens (tertiary/aromatic N) is 2. The topological polar surface area (TPSA) is 17.8 Å². The van der Waals surface area contributed by atoms with Crippen LogP contribution in [0.2, 0.25) is 0 Å². The number of hydrogen-bond acceptors (Lipinski definition) is 2. The van der Waals surface area contributed by atoms with Gasteiger partial charge in [-0.05, 0) is 37.0 Å². The van der Waals surface area contributed by atoms with E-state index in [2.05, 4.69) is 37.8 Å². The average Bonchev–Trinajstić information content (AvgIpc) is 2.49. The van der Waals surface area contributed by atoms with E-state index in [0.29, 0.717) is 0 Å². The standard InChI is InChI=1S/C10H18N2S/c1-9(4-6-13)3-5-12-8-10(2)7-11-12/h7-9,13H,3-6H2,1-2H3. The van der Waals surface area contributed by atoms with Gasteiger partial charge in [0.05, 0.1) is 6.20 Å². The fraction of sp³-hybridized carbons (Fsp3) is 0.700. The third-order valence-electron chi connectivity index (χ3n) is 2.24. The highest BCUT2D eigenvalue weighted by molar-refractivity contribution is 7.80. The lowest BCUT2D eigenvalue weighted by Crippen LogP contribution is -2.04. The first kappa shape index (κ1) is 10.6. The maximum atomic E-state index is 4.25. The average molecular weight is 198 g/mol. The summed E-state index contributed by atoms with van der Waals surface area (Å²) >= 11 is 4.22. The van der Waals surface area contributed by atoms with Gasteiger partial charge in [-0.2, -0.15) is 17.7 Å². The molecule has 0 fully saturated rings. The molecule has 0 N–H and O–H groups in total. The first-order valence-corrected chi connectivity index (χ1v) is 5.45. The predicted molar refractivity (Wildman–Crippen MR) is 59.2 cm³/mol. The van der Waals surface area contributed by atoms with Crippen molar-refractivity contribution in [2.75, 3.05) is 5.75 Å². The number of thiol groups is 1. The van der Waals surface area contributed by atoms with Gasteiger partial charge in [0.2, 0.25) is 0 Å². The van der Waals surface area contributed by atoms with E-state index in [4.69, 9.17) is 0 Å². The van der Waals surface area contributed by atoms with Crippen molar-refractivity contribution >= 4 is 12.6 Å². The Morgan fingerprint density at radius 2 is 2.31 bits per heavy atom. The Kier molecular flexibility index (Phi) is 4.36. The Morgan fingerprint density at radius 3 is 2.85 bits per heavy atom. The Hall–Kier alpha value is -0.440. The smallest absolute Gasteiger partial charge is 0.0518 e.